The van der Waals surface area contributed by atoms with Gasteiger partial charge in [0.05, 0.1) is 18.9 Å². The van der Waals surface area contributed by atoms with E-state index in [0.717, 1.165) is 18.6 Å². The van der Waals surface area contributed by atoms with E-state index in [1.807, 2.05) is 38.1 Å². The van der Waals surface area contributed by atoms with Crippen molar-refractivity contribution in [1.29, 1.82) is 0 Å². The number of carbonyl (C=O) groups excluding carboxylic acids is 1. The molecule has 0 aliphatic carbocycles. The third kappa shape index (κ3) is 5.82. The summed E-state index contributed by atoms with van der Waals surface area (Å²) in [5, 5.41) is 0. The largest absolute Gasteiger partial charge is 0.494 e. The molecule has 0 heterocycles. The number of nitrogens with two attached hydrogens (primary N) is 1. The van der Waals surface area contributed by atoms with Crippen LogP contribution in [0.15, 0.2) is 42.5 Å². The molecule has 0 unspecified atom stereocenters. The first-order chi connectivity index (χ1) is 12.0. The zero-order valence-electron chi connectivity index (χ0n) is 15.2. The average Bonchev–Trinajstić information content (AvgIpc) is 2.59. The Morgan fingerprint density at radius 3 is 2.24 bits per heavy atom. The minimum absolute atomic E-state index is 0.0419. The van der Waals surface area contributed by atoms with Gasteiger partial charge in [-0.3, -0.25) is 4.79 Å². The quantitative estimate of drug-likeness (QED) is 0.409. The minimum Gasteiger partial charge on any atom is -0.494 e. The standard InChI is InChI=1S/C21H27NO3/c1-15(2)21(23)17-8-11-20(19(22)14-17)25-13-5-4-12-24-18-9-6-16(3)7-10-18/h6-11,14-15H,4-5,12-13,22H2,1-3H3. The summed E-state index contributed by atoms with van der Waals surface area (Å²) in [6, 6.07) is 13.3. The van der Waals surface area contributed by atoms with Crippen LogP contribution in [-0.4, -0.2) is 19.0 Å². The van der Waals surface area contributed by atoms with Crippen LogP contribution in [0.1, 0.15) is 42.6 Å². The van der Waals surface area contributed by atoms with E-state index in [2.05, 4.69) is 6.92 Å². The highest BCUT2D eigenvalue weighted by atomic mass is 16.5. The number of rotatable bonds is 9. The van der Waals surface area contributed by atoms with Crippen LogP contribution in [0.25, 0.3) is 0 Å². The number of carbonyl (C=O) groups is 1. The molecule has 0 fully saturated rings. The van der Waals surface area contributed by atoms with E-state index in [1.165, 1.54) is 5.56 Å². The number of nitrogen functional groups attached to an aromatic ring is 1. The Labute approximate surface area is 150 Å². The highest BCUT2D eigenvalue weighted by molar-refractivity contribution is 5.98. The summed E-state index contributed by atoms with van der Waals surface area (Å²) in [5.41, 5.74) is 8.34. The molecule has 25 heavy (non-hydrogen) atoms. The lowest BCUT2D eigenvalue weighted by Gasteiger charge is -2.11. The van der Waals surface area contributed by atoms with Gasteiger partial charge < -0.3 is 15.2 Å². The van der Waals surface area contributed by atoms with Gasteiger partial charge in [-0.1, -0.05) is 31.5 Å². The van der Waals surface area contributed by atoms with Gasteiger partial charge in [-0.25, -0.2) is 0 Å². The number of hydrogen-bond donors (Lipinski definition) is 1. The van der Waals surface area contributed by atoms with Gasteiger partial charge in [0.25, 0.3) is 0 Å². The van der Waals surface area contributed by atoms with Gasteiger partial charge in [0.15, 0.2) is 5.78 Å². The summed E-state index contributed by atoms with van der Waals surface area (Å²) in [4.78, 5) is 12.0. The van der Waals surface area contributed by atoms with E-state index >= 15 is 0 Å². The molecule has 0 radical (unpaired) electrons. The van der Waals surface area contributed by atoms with Crippen LogP contribution in [0.3, 0.4) is 0 Å². The van der Waals surface area contributed by atoms with Gasteiger partial charge in [-0.05, 0) is 50.1 Å². The normalized spacial score (nSPS) is 10.7. The lowest BCUT2D eigenvalue weighted by molar-refractivity contribution is 0.0939. The molecule has 2 rings (SSSR count). The van der Waals surface area contributed by atoms with Crippen molar-refractivity contribution >= 4 is 11.5 Å². The van der Waals surface area contributed by atoms with Gasteiger partial charge in [0, 0.05) is 11.5 Å². The van der Waals surface area contributed by atoms with E-state index in [9.17, 15) is 4.79 Å². The summed E-state index contributed by atoms with van der Waals surface area (Å²) >= 11 is 0. The maximum Gasteiger partial charge on any atom is 0.165 e. The number of aryl methyl sites for hydroxylation is 1. The number of ether oxygens (including phenoxy) is 2. The lowest BCUT2D eigenvalue weighted by atomic mass is 10.0. The predicted molar refractivity (Wildman–Crippen MR) is 101 cm³/mol. The van der Waals surface area contributed by atoms with Gasteiger partial charge in [0.1, 0.15) is 11.5 Å². The first-order valence-corrected chi connectivity index (χ1v) is 8.73. The van der Waals surface area contributed by atoms with Crippen LogP contribution in [0.4, 0.5) is 5.69 Å². The van der Waals surface area contributed by atoms with Crippen LogP contribution >= 0.6 is 0 Å². The minimum atomic E-state index is -0.0419. The number of anilines is 1. The van der Waals surface area contributed by atoms with Crippen molar-refractivity contribution in [3.05, 3.63) is 53.6 Å². The van der Waals surface area contributed by atoms with Crippen molar-refractivity contribution < 1.29 is 14.3 Å². The molecule has 134 valence electrons. The third-order valence-corrected chi connectivity index (χ3v) is 3.90. The molecule has 0 saturated heterocycles. The molecule has 4 heteroatoms. The smallest absolute Gasteiger partial charge is 0.165 e. The highest BCUT2D eigenvalue weighted by Crippen LogP contribution is 2.24. The first kappa shape index (κ1) is 18.8. The molecule has 4 nitrogen and oxygen atoms in total. The number of benzene rings is 2. The van der Waals surface area contributed by atoms with Gasteiger partial charge in [0.2, 0.25) is 0 Å². The third-order valence-electron chi connectivity index (χ3n) is 3.90. The van der Waals surface area contributed by atoms with Crippen LogP contribution in [-0.2, 0) is 0 Å². The van der Waals surface area contributed by atoms with Crippen molar-refractivity contribution in [3.63, 3.8) is 0 Å². The Kier molecular flexibility index (Phi) is 6.87. The number of unbranched alkanes of at least 4 members (excludes halogenated alkanes) is 1. The van der Waals surface area contributed by atoms with Crippen LogP contribution in [0, 0.1) is 12.8 Å². The van der Waals surface area contributed by atoms with Crippen molar-refractivity contribution in [2.45, 2.75) is 33.6 Å². The molecule has 0 atom stereocenters. The molecular weight excluding hydrogens is 314 g/mol. The number of ketones is 1. The van der Waals surface area contributed by atoms with Crippen molar-refractivity contribution in [2.24, 2.45) is 5.92 Å². The molecule has 0 spiro atoms. The SMILES string of the molecule is Cc1ccc(OCCCCOc2ccc(C(=O)C(C)C)cc2N)cc1. The molecule has 2 N–H and O–H groups in total. The average molecular weight is 341 g/mol. The molecule has 0 saturated carbocycles. The maximum absolute atomic E-state index is 12.0. The second-order valence-corrected chi connectivity index (χ2v) is 6.49. The Balaban J connectivity index is 1.71. The first-order valence-electron chi connectivity index (χ1n) is 8.73. The van der Waals surface area contributed by atoms with E-state index in [0.29, 0.717) is 30.2 Å². The summed E-state index contributed by atoms with van der Waals surface area (Å²) in [7, 11) is 0. The Morgan fingerprint density at radius 2 is 1.64 bits per heavy atom. The Morgan fingerprint density at radius 1 is 1.00 bits per heavy atom. The second-order valence-electron chi connectivity index (χ2n) is 6.49. The fourth-order valence-corrected chi connectivity index (χ4v) is 2.38. The zero-order valence-corrected chi connectivity index (χ0v) is 15.2. The second kappa shape index (κ2) is 9.11. The Bertz CT molecular complexity index is 693. The van der Waals surface area contributed by atoms with Crippen LogP contribution in [0.2, 0.25) is 0 Å². The van der Waals surface area contributed by atoms with E-state index in [4.69, 9.17) is 15.2 Å². The van der Waals surface area contributed by atoms with Crippen molar-refractivity contribution in [1.82, 2.24) is 0 Å². The monoisotopic (exact) mass is 341 g/mol. The number of Topliss-reactive ketones (excluding diaryl/α,β-unsaturated/α-hetero) is 1. The summed E-state index contributed by atoms with van der Waals surface area (Å²) in [5.74, 6) is 1.56. The van der Waals surface area contributed by atoms with Crippen LogP contribution in [0.5, 0.6) is 11.5 Å². The molecule has 2 aromatic carbocycles. The molecule has 0 aliphatic heterocycles. The van der Waals surface area contributed by atoms with E-state index in [-0.39, 0.29) is 11.7 Å². The molecular formula is C21H27NO3. The summed E-state index contributed by atoms with van der Waals surface area (Å²) < 4.78 is 11.4. The summed E-state index contributed by atoms with van der Waals surface area (Å²) in [6.07, 6.45) is 1.77. The summed E-state index contributed by atoms with van der Waals surface area (Å²) in [6.45, 7) is 7.03. The zero-order chi connectivity index (χ0) is 18.2. The Hall–Kier alpha value is -2.49. The number of hydrogen-bond acceptors (Lipinski definition) is 4. The fourth-order valence-electron chi connectivity index (χ4n) is 2.38. The van der Waals surface area contributed by atoms with Crippen molar-refractivity contribution in [3.8, 4) is 11.5 Å². The molecule has 2 aromatic rings. The molecule has 0 bridgehead atoms. The van der Waals surface area contributed by atoms with Gasteiger partial charge in [-0.15, -0.1) is 0 Å². The van der Waals surface area contributed by atoms with Gasteiger partial charge >= 0.3 is 0 Å². The maximum atomic E-state index is 12.0. The van der Waals surface area contributed by atoms with Gasteiger partial charge in [-0.2, -0.15) is 0 Å². The predicted octanol–water partition coefficient (Wildman–Crippen LogP) is 4.65. The van der Waals surface area contributed by atoms with Crippen LogP contribution < -0.4 is 15.2 Å². The fraction of sp³-hybridized carbons (Fsp3) is 0.381. The highest BCUT2D eigenvalue weighted by Gasteiger charge is 2.12. The molecule has 0 aromatic heterocycles. The van der Waals surface area contributed by atoms with E-state index in [1.54, 1.807) is 18.2 Å². The van der Waals surface area contributed by atoms with E-state index < -0.39 is 0 Å². The molecule has 0 amide bonds. The van der Waals surface area contributed by atoms with Crippen molar-refractivity contribution in [2.75, 3.05) is 18.9 Å². The molecule has 0 aliphatic rings. The topological polar surface area (TPSA) is 61.5 Å². The lowest BCUT2D eigenvalue weighted by Crippen LogP contribution is -2.09.